The maximum atomic E-state index is 12.3. The van der Waals surface area contributed by atoms with E-state index in [2.05, 4.69) is 20.6 Å². The first-order chi connectivity index (χ1) is 15.7. The van der Waals surface area contributed by atoms with Gasteiger partial charge in [-0.15, -0.1) is 0 Å². The summed E-state index contributed by atoms with van der Waals surface area (Å²) in [4.78, 5) is 22.6. The van der Waals surface area contributed by atoms with Gasteiger partial charge < -0.3 is 15.0 Å². The molecule has 1 aromatic heterocycles. The van der Waals surface area contributed by atoms with E-state index in [9.17, 15) is 4.79 Å². The minimum Gasteiger partial charge on any atom is -0.445 e. The molecule has 1 aromatic carbocycles. The van der Waals surface area contributed by atoms with Crippen molar-refractivity contribution in [1.82, 2.24) is 15.2 Å². The minimum atomic E-state index is -0.222. The van der Waals surface area contributed by atoms with Crippen LogP contribution in [0.25, 0.3) is 0 Å². The zero-order chi connectivity index (χ0) is 22.4. The number of carbonyl (C=O) groups excluding carboxylic acids is 1. The first-order valence-corrected chi connectivity index (χ1v) is 11.1. The highest BCUT2D eigenvalue weighted by atomic mass is 16.6. The Morgan fingerprint density at radius 3 is 2.72 bits per heavy atom. The lowest BCUT2D eigenvalue weighted by atomic mass is 9.92. The van der Waals surface area contributed by atoms with Gasteiger partial charge in [-0.3, -0.25) is 15.3 Å². The molecular weight excluding hydrogens is 404 g/mol. The molecule has 2 heterocycles. The summed E-state index contributed by atoms with van der Waals surface area (Å²) in [6.07, 6.45) is 10.2. The van der Waals surface area contributed by atoms with Crippen molar-refractivity contribution < 1.29 is 9.53 Å². The van der Waals surface area contributed by atoms with E-state index in [0.29, 0.717) is 25.0 Å². The lowest BCUT2D eigenvalue weighted by Gasteiger charge is -2.31. The van der Waals surface area contributed by atoms with E-state index in [1.165, 1.54) is 0 Å². The summed E-state index contributed by atoms with van der Waals surface area (Å²) in [7, 11) is 0. The van der Waals surface area contributed by atoms with Crippen molar-refractivity contribution in [2.24, 2.45) is 10.9 Å². The van der Waals surface area contributed by atoms with Crippen molar-refractivity contribution >= 4 is 17.7 Å². The average Bonchev–Trinajstić information content (AvgIpc) is 2.84. The van der Waals surface area contributed by atoms with Crippen LogP contribution in [-0.4, -0.2) is 41.6 Å². The number of guanidine groups is 1. The lowest BCUT2D eigenvalue weighted by Crippen LogP contribution is -2.38. The number of aliphatic imine (C=N–C) groups is 1. The summed E-state index contributed by atoms with van der Waals surface area (Å²) >= 11 is 0. The molecular formula is C24H30N6O2. The van der Waals surface area contributed by atoms with Crippen molar-refractivity contribution in [1.29, 1.82) is 5.26 Å². The van der Waals surface area contributed by atoms with Gasteiger partial charge in [-0.1, -0.05) is 43.2 Å². The summed E-state index contributed by atoms with van der Waals surface area (Å²) in [5.41, 5.74) is 1.78. The maximum absolute atomic E-state index is 12.3. The number of hydrogen-bond donors (Lipinski definition) is 2. The van der Waals surface area contributed by atoms with Crippen LogP contribution in [0.5, 0.6) is 0 Å². The molecule has 0 spiro atoms. The summed E-state index contributed by atoms with van der Waals surface area (Å²) in [6.45, 7) is 2.46. The Kier molecular flexibility index (Phi) is 9.34. The highest BCUT2D eigenvalue weighted by Crippen LogP contribution is 2.23. The van der Waals surface area contributed by atoms with Crippen molar-refractivity contribution in [3.05, 3.63) is 60.4 Å². The number of carbonyl (C=O) groups is 1. The smallest absolute Gasteiger partial charge is 0.410 e. The Morgan fingerprint density at radius 2 is 2.00 bits per heavy atom. The summed E-state index contributed by atoms with van der Waals surface area (Å²) < 4.78 is 5.43. The average molecular weight is 435 g/mol. The maximum Gasteiger partial charge on any atom is 0.410 e. The summed E-state index contributed by atoms with van der Waals surface area (Å²) in [5.74, 6) is 1.06. The zero-order valence-electron chi connectivity index (χ0n) is 18.2. The molecule has 3 rings (SSSR count). The van der Waals surface area contributed by atoms with Crippen molar-refractivity contribution in [2.45, 2.75) is 38.7 Å². The molecule has 1 aliphatic heterocycles. The molecule has 2 N–H and O–H groups in total. The van der Waals surface area contributed by atoms with Gasteiger partial charge >= 0.3 is 6.09 Å². The third-order valence-electron chi connectivity index (χ3n) is 5.47. The molecule has 0 bridgehead atoms. The fourth-order valence-corrected chi connectivity index (χ4v) is 3.69. The Morgan fingerprint density at radius 1 is 1.19 bits per heavy atom. The van der Waals surface area contributed by atoms with Gasteiger partial charge in [-0.25, -0.2) is 4.79 Å². The predicted molar refractivity (Wildman–Crippen MR) is 124 cm³/mol. The second-order valence-corrected chi connectivity index (χ2v) is 7.80. The van der Waals surface area contributed by atoms with Crippen molar-refractivity contribution in [3.63, 3.8) is 0 Å². The molecule has 1 amide bonds. The van der Waals surface area contributed by atoms with E-state index in [1.807, 2.05) is 53.6 Å². The number of unbranched alkanes of at least 4 members (excludes halogenated alkanes) is 1. The molecule has 1 saturated heterocycles. The molecule has 1 aliphatic rings. The SMILES string of the molecule is N#CNC(=NCCCCC1CCN(C(=O)OCc2ccccc2)CC1)Nc1cccnc1. The zero-order valence-corrected chi connectivity index (χ0v) is 18.2. The Labute approximate surface area is 189 Å². The number of piperidine rings is 1. The number of benzene rings is 1. The van der Waals surface area contributed by atoms with Crippen LogP contribution >= 0.6 is 0 Å². The van der Waals surface area contributed by atoms with Crippen LogP contribution in [-0.2, 0) is 11.3 Å². The molecule has 8 nitrogen and oxygen atoms in total. The molecule has 0 aliphatic carbocycles. The van der Waals surface area contributed by atoms with Crippen molar-refractivity contribution in [3.8, 4) is 6.19 Å². The van der Waals surface area contributed by atoms with Crippen LogP contribution in [0.2, 0.25) is 0 Å². The first-order valence-electron chi connectivity index (χ1n) is 11.1. The van der Waals surface area contributed by atoms with Gasteiger partial charge in [0.1, 0.15) is 6.61 Å². The van der Waals surface area contributed by atoms with Crippen molar-refractivity contribution in [2.75, 3.05) is 25.0 Å². The normalized spacial score (nSPS) is 14.5. The number of rotatable bonds is 8. The molecule has 0 radical (unpaired) electrons. The van der Waals surface area contributed by atoms with Crippen LogP contribution in [0.4, 0.5) is 10.5 Å². The molecule has 0 atom stereocenters. The number of anilines is 1. The van der Waals surface area contributed by atoms with E-state index in [0.717, 1.165) is 56.4 Å². The van der Waals surface area contributed by atoms with E-state index in [4.69, 9.17) is 10.00 Å². The van der Waals surface area contributed by atoms with Gasteiger partial charge in [-0.2, -0.15) is 5.26 Å². The van der Waals surface area contributed by atoms with Gasteiger partial charge in [0.25, 0.3) is 0 Å². The number of nitrogens with zero attached hydrogens (tertiary/aromatic N) is 4. The number of nitriles is 1. The second kappa shape index (κ2) is 13.0. The van der Waals surface area contributed by atoms with Crippen LogP contribution < -0.4 is 10.6 Å². The van der Waals surface area contributed by atoms with E-state index < -0.39 is 0 Å². The summed E-state index contributed by atoms with van der Waals surface area (Å²) in [5, 5.41) is 14.5. The number of hydrogen-bond acceptors (Lipinski definition) is 5. The monoisotopic (exact) mass is 434 g/mol. The topological polar surface area (TPSA) is 103 Å². The fraction of sp³-hybridized carbons (Fsp3) is 0.417. The van der Waals surface area contributed by atoms with E-state index >= 15 is 0 Å². The number of aromatic nitrogens is 1. The number of nitrogens with one attached hydrogen (secondary N) is 2. The molecule has 2 aromatic rings. The first kappa shape index (κ1) is 23.1. The minimum absolute atomic E-state index is 0.222. The lowest BCUT2D eigenvalue weighted by molar-refractivity contribution is 0.0813. The predicted octanol–water partition coefficient (Wildman–Crippen LogP) is 4.14. The number of amides is 1. The second-order valence-electron chi connectivity index (χ2n) is 7.80. The molecule has 0 saturated carbocycles. The van der Waals surface area contributed by atoms with Gasteiger partial charge in [-0.05, 0) is 42.9 Å². The van der Waals surface area contributed by atoms with E-state index in [1.54, 1.807) is 12.4 Å². The van der Waals surface area contributed by atoms with Gasteiger partial charge in [0.2, 0.25) is 5.96 Å². The highest BCUT2D eigenvalue weighted by molar-refractivity contribution is 5.94. The highest BCUT2D eigenvalue weighted by Gasteiger charge is 2.23. The Hall–Kier alpha value is -3.60. The van der Waals surface area contributed by atoms with Crippen LogP contribution in [0.3, 0.4) is 0 Å². The number of pyridine rings is 1. The third-order valence-corrected chi connectivity index (χ3v) is 5.47. The molecule has 32 heavy (non-hydrogen) atoms. The molecule has 8 heteroatoms. The standard InChI is InChI=1S/C24H30N6O2/c25-19-28-23(29-22-10-6-13-26-17-22)27-14-5-4-7-20-11-15-30(16-12-20)24(31)32-18-21-8-2-1-3-9-21/h1-3,6,8-10,13,17,20H,4-5,7,11-12,14-16,18H2,(H2,27,28,29). The molecule has 168 valence electrons. The van der Waals surface area contributed by atoms with Gasteiger partial charge in [0.05, 0.1) is 11.9 Å². The van der Waals surface area contributed by atoms with Gasteiger partial charge in [0, 0.05) is 25.8 Å². The summed E-state index contributed by atoms with van der Waals surface area (Å²) in [6, 6.07) is 13.4. The Balaban J connectivity index is 1.30. The van der Waals surface area contributed by atoms with Crippen LogP contribution in [0.15, 0.2) is 59.9 Å². The van der Waals surface area contributed by atoms with E-state index in [-0.39, 0.29) is 6.09 Å². The molecule has 1 fully saturated rings. The fourth-order valence-electron chi connectivity index (χ4n) is 3.69. The quantitative estimate of drug-likeness (QED) is 0.213. The van der Waals surface area contributed by atoms with Gasteiger partial charge in [0.15, 0.2) is 6.19 Å². The largest absolute Gasteiger partial charge is 0.445 e. The number of ether oxygens (including phenoxy) is 1. The number of likely N-dealkylation sites (tertiary alicyclic amines) is 1. The molecule has 0 unspecified atom stereocenters. The van der Waals surface area contributed by atoms with Crippen LogP contribution in [0, 0.1) is 17.4 Å². The third kappa shape index (κ3) is 7.91. The van der Waals surface area contributed by atoms with Crippen LogP contribution in [0.1, 0.15) is 37.7 Å². The Bertz CT molecular complexity index is 890.